The van der Waals surface area contributed by atoms with Crippen LogP contribution in [0.3, 0.4) is 0 Å². The van der Waals surface area contributed by atoms with E-state index in [0.29, 0.717) is 17.4 Å². The number of hydrogen-bond donors (Lipinski definition) is 1. The molecule has 0 unspecified atom stereocenters. The highest BCUT2D eigenvalue weighted by atomic mass is 16.5. The van der Waals surface area contributed by atoms with E-state index in [9.17, 15) is 0 Å². The zero-order chi connectivity index (χ0) is 24.8. The molecule has 8 nitrogen and oxygen atoms in total. The van der Waals surface area contributed by atoms with E-state index in [2.05, 4.69) is 46.6 Å². The Kier molecular flexibility index (Phi) is 5.29. The minimum absolute atomic E-state index is 0.253. The van der Waals surface area contributed by atoms with Crippen molar-refractivity contribution in [2.75, 3.05) is 26.6 Å². The van der Waals surface area contributed by atoms with Gasteiger partial charge in [0.1, 0.15) is 30.0 Å². The monoisotopic (exact) mass is 482 g/mol. The highest BCUT2D eigenvalue weighted by Crippen LogP contribution is 2.51. The molecule has 0 spiro atoms. The molecule has 1 N–H and O–H groups in total. The highest BCUT2D eigenvalue weighted by molar-refractivity contribution is 5.85. The summed E-state index contributed by atoms with van der Waals surface area (Å²) in [4.78, 5) is 4.50. The van der Waals surface area contributed by atoms with Crippen LogP contribution in [0.2, 0.25) is 0 Å². The first-order valence-corrected chi connectivity index (χ1v) is 11.7. The van der Waals surface area contributed by atoms with Crippen molar-refractivity contribution in [1.82, 2.24) is 14.8 Å². The molecule has 0 radical (unpaired) electrons. The molecule has 8 heteroatoms. The molecule has 4 aromatic rings. The molecule has 0 aliphatic carbocycles. The minimum Gasteiger partial charge on any atom is -0.497 e. The van der Waals surface area contributed by atoms with Crippen molar-refractivity contribution in [2.45, 2.75) is 19.1 Å². The number of aryl methyl sites for hydroxylation is 1. The van der Waals surface area contributed by atoms with Crippen LogP contribution in [0.4, 0.5) is 5.95 Å². The van der Waals surface area contributed by atoms with Crippen LogP contribution in [0.25, 0.3) is 5.70 Å². The fourth-order valence-electron chi connectivity index (χ4n) is 4.98. The Balaban J connectivity index is 1.60. The van der Waals surface area contributed by atoms with Gasteiger partial charge in [-0.1, -0.05) is 29.8 Å². The Labute approximate surface area is 209 Å². The first kappa shape index (κ1) is 22.0. The van der Waals surface area contributed by atoms with Gasteiger partial charge in [0.05, 0.1) is 27.0 Å². The molecular formula is C28H26N4O4. The van der Waals surface area contributed by atoms with Crippen LogP contribution >= 0.6 is 0 Å². The van der Waals surface area contributed by atoms with Crippen LogP contribution in [0.1, 0.15) is 34.4 Å². The molecular weight excluding hydrogens is 456 g/mol. The fraction of sp³-hybridized carbons (Fsp3) is 0.214. The number of nitrogens with one attached hydrogen (secondary N) is 1. The molecule has 0 fully saturated rings. The number of fused-ring (bicyclic) bond motifs is 3. The van der Waals surface area contributed by atoms with E-state index < -0.39 is 6.10 Å². The number of anilines is 1. The van der Waals surface area contributed by atoms with Gasteiger partial charge in [0.2, 0.25) is 5.95 Å². The van der Waals surface area contributed by atoms with E-state index in [1.54, 1.807) is 27.7 Å². The Morgan fingerprint density at radius 3 is 2.39 bits per heavy atom. The fourth-order valence-corrected chi connectivity index (χ4v) is 4.98. The summed E-state index contributed by atoms with van der Waals surface area (Å²) in [5.41, 5.74) is 6.12. The van der Waals surface area contributed by atoms with E-state index >= 15 is 0 Å². The zero-order valence-electron chi connectivity index (χ0n) is 20.5. The van der Waals surface area contributed by atoms with Crippen molar-refractivity contribution < 1.29 is 18.9 Å². The summed E-state index contributed by atoms with van der Waals surface area (Å²) in [6, 6.07) is 19.9. The number of rotatable bonds is 5. The van der Waals surface area contributed by atoms with Crippen molar-refractivity contribution in [1.29, 1.82) is 0 Å². The predicted octanol–water partition coefficient (Wildman–Crippen LogP) is 5.17. The van der Waals surface area contributed by atoms with E-state index in [1.165, 1.54) is 0 Å². The van der Waals surface area contributed by atoms with Crippen molar-refractivity contribution in [3.8, 4) is 23.0 Å². The van der Waals surface area contributed by atoms with Crippen molar-refractivity contribution in [3.05, 3.63) is 94.8 Å². The summed E-state index contributed by atoms with van der Waals surface area (Å²) >= 11 is 0. The molecule has 3 heterocycles. The van der Waals surface area contributed by atoms with Crippen LogP contribution in [-0.2, 0) is 0 Å². The van der Waals surface area contributed by atoms with Gasteiger partial charge in [-0.3, -0.25) is 0 Å². The van der Waals surface area contributed by atoms with Gasteiger partial charge in [-0.05, 0) is 48.9 Å². The topological polar surface area (TPSA) is 79.7 Å². The van der Waals surface area contributed by atoms with Gasteiger partial charge in [0.25, 0.3) is 0 Å². The second-order valence-corrected chi connectivity index (χ2v) is 8.77. The molecule has 182 valence electrons. The van der Waals surface area contributed by atoms with Gasteiger partial charge < -0.3 is 24.3 Å². The molecule has 36 heavy (non-hydrogen) atoms. The Bertz CT molecular complexity index is 1480. The third-order valence-corrected chi connectivity index (χ3v) is 6.71. The minimum atomic E-state index is -0.410. The Morgan fingerprint density at radius 1 is 0.861 bits per heavy atom. The maximum Gasteiger partial charge on any atom is 0.226 e. The number of nitrogens with zero attached hydrogens (tertiary/aromatic N) is 3. The Hall–Kier alpha value is -4.46. The number of ether oxygens (including phenoxy) is 4. The summed E-state index contributed by atoms with van der Waals surface area (Å²) in [7, 11) is 4.93. The number of aromatic nitrogens is 3. The lowest BCUT2D eigenvalue weighted by atomic mass is 9.84. The molecule has 2 aliphatic heterocycles. The van der Waals surface area contributed by atoms with Gasteiger partial charge in [-0.25, -0.2) is 4.68 Å². The predicted molar refractivity (Wildman–Crippen MR) is 136 cm³/mol. The second-order valence-electron chi connectivity index (χ2n) is 8.77. The molecule has 0 bridgehead atoms. The molecule has 1 aromatic heterocycles. The average Bonchev–Trinajstić information content (AvgIpc) is 3.39. The lowest BCUT2D eigenvalue weighted by molar-refractivity contribution is 0.222. The van der Waals surface area contributed by atoms with Gasteiger partial charge in [-0.15, -0.1) is 0 Å². The summed E-state index contributed by atoms with van der Waals surface area (Å²) in [5, 5.41) is 8.13. The van der Waals surface area contributed by atoms with Crippen molar-refractivity contribution in [3.63, 3.8) is 0 Å². The van der Waals surface area contributed by atoms with Crippen LogP contribution in [0.5, 0.6) is 23.0 Å². The lowest BCUT2D eigenvalue weighted by Crippen LogP contribution is -2.32. The van der Waals surface area contributed by atoms with Crippen LogP contribution in [0.15, 0.2) is 72.6 Å². The molecule has 0 saturated heterocycles. The summed E-state index contributed by atoms with van der Waals surface area (Å²) in [5.74, 6) is 3.57. The molecule has 2 atom stereocenters. The standard InChI is InChI=1S/C28H26N4O4/c1-16-5-11-21-20(13-16)25-24(27(36-21)18-8-12-22(34-3)23(14-18)35-4)26(32-28(31-25)29-15-30-32)17-6-9-19(33-2)10-7-17/h5-15,26-27H,1-4H3,(H,29,30,31)/t26-,27-/m1/s1. The quantitative estimate of drug-likeness (QED) is 0.420. The first-order chi connectivity index (χ1) is 17.6. The third-order valence-electron chi connectivity index (χ3n) is 6.71. The van der Waals surface area contributed by atoms with E-state index in [-0.39, 0.29) is 6.04 Å². The van der Waals surface area contributed by atoms with Gasteiger partial charge in [0.15, 0.2) is 11.5 Å². The van der Waals surface area contributed by atoms with E-state index in [4.69, 9.17) is 18.9 Å². The number of benzene rings is 3. The Morgan fingerprint density at radius 2 is 1.64 bits per heavy atom. The van der Waals surface area contributed by atoms with Gasteiger partial charge >= 0.3 is 0 Å². The molecule has 0 saturated carbocycles. The summed E-state index contributed by atoms with van der Waals surface area (Å²) in [6.07, 6.45) is 1.16. The van der Waals surface area contributed by atoms with Crippen LogP contribution in [-0.4, -0.2) is 36.1 Å². The van der Waals surface area contributed by atoms with Gasteiger partial charge in [-0.2, -0.15) is 10.1 Å². The lowest BCUT2D eigenvalue weighted by Gasteiger charge is -2.39. The molecule has 2 aliphatic rings. The third kappa shape index (κ3) is 3.45. The van der Waals surface area contributed by atoms with Crippen LogP contribution < -0.4 is 24.3 Å². The van der Waals surface area contributed by atoms with Gasteiger partial charge in [0, 0.05) is 16.7 Å². The summed E-state index contributed by atoms with van der Waals surface area (Å²) < 4.78 is 25.1. The molecule has 6 rings (SSSR count). The first-order valence-electron chi connectivity index (χ1n) is 11.7. The number of methoxy groups -OCH3 is 3. The maximum atomic E-state index is 6.72. The normalized spacial score (nSPS) is 17.8. The SMILES string of the molecule is COc1ccc([C@@H]2C3=C(Nc4ncnn42)c2cc(C)ccc2O[C@@H]3c2ccc(OC)c(OC)c2)cc1. The maximum absolute atomic E-state index is 6.72. The second kappa shape index (κ2) is 8.64. The average molecular weight is 483 g/mol. The molecule has 3 aromatic carbocycles. The summed E-state index contributed by atoms with van der Waals surface area (Å²) in [6.45, 7) is 2.08. The smallest absolute Gasteiger partial charge is 0.226 e. The largest absolute Gasteiger partial charge is 0.497 e. The van der Waals surface area contributed by atoms with Crippen molar-refractivity contribution >= 4 is 11.6 Å². The number of hydrogen-bond acceptors (Lipinski definition) is 7. The van der Waals surface area contributed by atoms with E-state index in [0.717, 1.165) is 45.0 Å². The van der Waals surface area contributed by atoms with Crippen LogP contribution in [0, 0.1) is 6.92 Å². The zero-order valence-corrected chi connectivity index (χ0v) is 20.5. The molecule has 0 amide bonds. The van der Waals surface area contributed by atoms with Crippen molar-refractivity contribution in [2.24, 2.45) is 0 Å². The van der Waals surface area contributed by atoms with E-state index in [1.807, 2.05) is 41.1 Å². The highest BCUT2D eigenvalue weighted by Gasteiger charge is 2.41.